The van der Waals surface area contributed by atoms with E-state index in [1.807, 2.05) is 12.1 Å². The fourth-order valence-electron chi connectivity index (χ4n) is 1.77. The fourth-order valence-corrected chi connectivity index (χ4v) is 2.29. The van der Waals surface area contributed by atoms with Gasteiger partial charge in [-0.15, -0.1) is 0 Å². The van der Waals surface area contributed by atoms with Gasteiger partial charge in [0, 0.05) is 11.0 Å². The molecule has 0 spiro atoms. The summed E-state index contributed by atoms with van der Waals surface area (Å²) in [5, 5.41) is 3.73. The summed E-state index contributed by atoms with van der Waals surface area (Å²) in [6.45, 7) is 0.350. The highest BCUT2D eigenvalue weighted by Crippen LogP contribution is 2.28. The maximum atomic E-state index is 13.6. The van der Waals surface area contributed by atoms with E-state index in [0.717, 1.165) is 10.0 Å². The second-order valence-electron chi connectivity index (χ2n) is 4.09. The smallest absolute Gasteiger partial charge is 0.146 e. The highest BCUT2D eigenvalue weighted by Gasteiger charge is 2.12. The third kappa shape index (κ3) is 3.47. The molecule has 2 aromatic carbocycles. The van der Waals surface area contributed by atoms with Crippen LogP contribution in [0.5, 0.6) is 0 Å². The van der Waals surface area contributed by atoms with Crippen LogP contribution in [0, 0.1) is 5.82 Å². The maximum absolute atomic E-state index is 13.6. The minimum Gasteiger partial charge on any atom is -0.375 e. The first kappa shape index (κ1) is 14.3. The number of benzene rings is 2. The molecule has 2 rings (SSSR count). The number of para-hydroxylation sites is 1. The van der Waals surface area contributed by atoms with Gasteiger partial charge in [-0.25, -0.2) is 4.39 Å². The van der Waals surface area contributed by atoms with Crippen molar-refractivity contribution in [3.63, 3.8) is 0 Å². The molecule has 0 radical (unpaired) electrons. The molecular weight excluding hydrogens is 331 g/mol. The average Bonchev–Trinajstić information content (AvgIpc) is 2.41. The van der Waals surface area contributed by atoms with E-state index in [9.17, 15) is 4.39 Å². The van der Waals surface area contributed by atoms with E-state index in [0.29, 0.717) is 17.3 Å². The highest BCUT2D eigenvalue weighted by molar-refractivity contribution is 9.10. The van der Waals surface area contributed by atoms with E-state index in [1.54, 1.807) is 24.3 Å². The molecule has 3 N–H and O–H groups in total. The molecule has 0 bridgehead atoms. The van der Waals surface area contributed by atoms with Crippen molar-refractivity contribution in [1.29, 1.82) is 0 Å². The summed E-state index contributed by atoms with van der Waals surface area (Å²) >= 11 is 9.32. The van der Waals surface area contributed by atoms with Crippen molar-refractivity contribution < 1.29 is 4.39 Å². The quantitative estimate of drug-likeness (QED) is 0.866. The summed E-state index contributed by atoms with van der Waals surface area (Å²) in [5.41, 5.74) is 7.14. The van der Waals surface area contributed by atoms with Crippen molar-refractivity contribution in [1.82, 2.24) is 0 Å². The molecule has 19 heavy (non-hydrogen) atoms. The Kier molecular flexibility index (Phi) is 4.80. The molecule has 0 saturated heterocycles. The van der Waals surface area contributed by atoms with Gasteiger partial charge in [0.1, 0.15) is 5.82 Å². The van der Waals surface area contributed by atoms with Gasteiger partial charge in [0.2, 0.25) is 0 Å². The molecule has 0 aliphatic carbocycles. The van der Waals surface area contributed by atoms with Crippen molar-refractivity contribution in [3.8, 4) is 0 Å². The summed E-state index contributed by atoms with van der Waals surface area (Å²) in [4.78, 5) is 0. The summed E-state index contributed by atoms with van der Waals surface area (Å²) in [7, 11) is 0. The third-order valence-corrected chi connectivity index (χ3v) is 4.00. The van der Waals surface area contributed by atoms with Gasteiger partial charge in [0.25, 0.3) is 0 Å². The molecule has 0 heterocycles. The molecule has 0 fully saturated rings. The Balaban J connectivity index is 2.25. The topological polar surface area (TPSA) is 38.0 Å². The number of anilines is 1. The largest absolute Gasteiger partial charge is 0.375 e. The lowest BCUT2D eigenvalue weighted by Crippen LogP contribution is -2.21. The summed E-state index contributed by atoms with van der Waals surface area (Å²) < 4.78 is 14.4. The zero-order valence-corrected chi connectivity index (χ0v) is 12.4. The van der Waals surface area contributed by atoms with E-state index >= 15 is 0 Å². The standard InChI is InChI=1S/C14H13BrClFN2/c15-10-7-9(5-6-11(10)16)14(8-18)19-13-4-2-1-3-12(13)17/h1-7,14,19H,8,18H2. The van der Waals surface area contributed by atoms with Crippen LogP contribution < -0.4 is 11.1 Å². The predicted octanol–water partition coefficient (Wildman–Crippen LogP) is 4.35. The second kappa shape index (κ2) is 6.37. The third-order valence-electron chi connectivity index (χ3n) is 2.79. The predicted molar refractivity (Wildman–Crippen MR) is 81.0 cm³/mol. The highest BCUT2D eigenvalue weighted by atomic mass is 79.9. The van der Waals surface area contributed by atoms with Gasteiger partial charge in [-0.05, 0) is 45.8 Å². The number of rotatable bonds is 4. The molecule has 0 aliphatic heterocycles. The van der Waals surface area contributed by atoms with Crippen LogP contribution in [0.15, 0.2) is 46.9 Å². The van der Waals surface area contributed by atoms with Crippen molar-refractivity contribution in [3.05, 3.63) is 63.3 Å². The molecule has 0 aliphatic rings. The monoisotopic (exact) mass is 342 g/mol. The normalized spacial score (nSPS) is 12.2. The molecular formula is C14H13BrClFN2. The number of nitrogens with two attached hydrogens (primary N) is 1. The Bertz CT molecular complexity index is 577. The minimum atomic E-state index is -0.297. The van der Waals surface area contributed by atoms with Gasteiger partial charge < -0.3 is 11.1 Å². The lowest BCUT2D eigenvalue weighted by Gasteiger charge is -2.19. The van der Waals surface area contributed by atoms with Gasteiger partial charge in [-0.3, -0.25) is 0 Å². The van der Waals surface area contributed by atoms with E-state index in [1.165, 1.54) is 6.07 Å². The van der Waals surface area contributed by atoms with Crippen LogP contribution in [0.2, 0.25) is 5.02 Å². The Morgan fingerprint density at radius 3 is 2.63 bits per heavy atom. The van der Waals surface area contributed by atoms with E-state index in [2.05, 4.69) is 21.2 Å². The average molecular weight is 344 g/mol. The van der Waals surface area contributed by atoms with Crippen molar-refractivity contribution >= 4 is 33.2 Å². The Morgan fingerprint density at radius 1 is 1.26 bits per heavy atom. The van der Waals surface area contributed by atoms with Gasteiger partial charge in [-0.2, -0.15) is 0 Å². The van der Waals surface area contributed by atoms with Crippen LogP contribution in [0.25, 0.3) is 0 Å². The van der Waals surface area contributed by atoms with Crippen LogP contribution in [0.3, 0.4) is 0 Å². The fraction of sp³-hybridized carbons (Fsp3) is 0.143. The molecule has 0 saturated carbocycles. The molecule has 2 aromatic rings. The van der Waals surface area contributed by atoms with Crippen LogP contribution in [0.4, 0.5) is 10.1 Å². The molecule has 0 amide bonds. The number of halogens is 3. The van der Waals surface area contributed by atoms with Gasteiger partial charge in [0.15, 0.2) is 0 Å². The van der Waals surface area contributed by atoms with E-state index in [-0.39, 0.29) is 11.9 Å². The van der Waals surface area contributed by atoms with E-state index < -0.39 is 0 Å². The number of hydrogen-bond donors (Lipinski definition) is 2. The number of nitrogens with one attached hydrogen (secondary N) is 1. The first-order valence-corrected chi connectivity index (χ1v) is 6.95. The summed E-state index contributed by atoms with van der Waals surface area (Å²) in [6, 6.07) is 11.9. The molecule has 1 unspecified atom stereocenters. The minimum absolute atomic E-state index is 0.175. The second-order valence-corrected chi connectivity index (χ2v) is 5.35. The number of hydrogen-bond acceptors (Lipinski definition) is 2. The summed E-state index contributed by atoms with van der Waals surface area (Å²) in [6.07, 6.45) is 0. The Hall–Kier alpha value is -1.10. The first-order chi connectivity index (χ1) is 9.11. The van der Waals surface area contributed by atoms with E-state index in [4.69, 9.17) is 17.3 Å². The lowest BCUT2D eigenvalue weighted by molar-refractivity contribution is 0.626. The zero-order chi connectivity index (χ0) is 13.8. The van der Waals surface area contributed by atoms with Crippen molar-refractivity contribution in [2.24, 2.45) is 5.73 Å². The first-order valence-electron chi connectivity index (χ1n) is 5.78. The Morgan fingerprint density at radius 2 is 2.00 bits per heavy atom. The lowest BCUT2D eigenvalue weighted by atomic mass is 10.1. The summed E-state index contributed by atoms with van der Waals surface area (Å²) in [5.74, 6) is -0.297. The van der Waals surface area contributed by atoms with Gasteiger partial charge in [0.05, 0.1) is 16.8 Å². The van der Waals surface area contributed by atoms with Crippen LogP contribution in [-0.2, 0) is 0 Å². The SMILES string of the molecule is NCC(Nc1ccccc1F)c1ccc(Cl)c(Br)c1. The van der Waals surface area contributed by atoms with Crippen molar-refractivity contribution in [2.75, 3.05) is 11.9 Å². The maximum Gasteiger partial charge on any atom is 0.146 e. The van der Waals surface area contributed by atoms with Crippen molar-refractivity contribution in [2.45, 2.75) is 6.04 Å². The molecule has 0 aromatic heterocycles. The zero-order valence-electron chi connectivity index (χ0n) is 10.0. The molecule has 5 heteroatoms. The van der Waals surface area contributed by atoms with Crippen LogP contribution in [-0.4, -0.2) is 6.54 Å². The van der Waals surface area contributed by atoms with Crippen LogP contribution in [0.1, 0.15) is 11.6 Å². The molecule has 2 nitrogen and oxygen atoms in total. The molecule has 1 atom stereocenters. The van der Waals surface area contributed by atoms with Gasteiger partial charge >= 0.3 is 0 Å². The molecule has 100 valence electrons. The van der Waals surface area contributed by atoms with Gasteiger partial charge in [-0.1, -0.05) is 29.8 Å². The Labute approximate surface area is 124 Å². The van der Waals surface area contributed by atoms with Crippen LogP contribution >= 0.6 is 27.5 Å².